The highest BCUT2D eigenvalue weighted by atomic mass is 35.5. The lowest BCUT2D eigenvalue weighted by atomic mass is 10.1. The lowest BCUT2D eigenvalue weighted by Crippen LogP contribution is -2.09. The number of pyridine rings is 1. The molecule has 1 atom stereocenters. The van der Waals surface area contributed by atoms with Crippen molar-refractivity contribution in [3.8, 4) is 11.8 Å². The first kappa shape index (κ1) is 10.0. The van der Waals surface area contributed by atoms with Crippen LogP contribution in [0.15, 0.2) is 18.5 Å². The fraction of sp³-hybridized carbons (Fsp3) is 0.300. The van der Waals surface area contributed by atoms with Crippen molar-refractivity contribution in [1.82, 2.24) is 4.98 Å². The third kappa shape index (κ3) is 2.73. The van der Waals surface area contributed by atoms with Crippen LogP contribution in [-0.4, -0.2) is 4.98 Å². The Morgan fingerprint density at radius 3 is 3.08 bits per heavy atom. The average Bonchev–Trinajstić information content (AvgIpc) is 2.15. The zero-order chi connectivity index (χ0) is 9.68. The molecule has 1 unspecified atom stereocenters. The Balaban J connectivity index is 2.80. The van der Waals surface area contributed by atoms with Gasteiger partial charge in [0, 0.05) is 24.9 Å². The number of nitrogens with zero attached hydrogens (tertiary/aromatic N) is 1. The molecule has 0 saturated carbocycles. The summed E-state index contributed by atoms with van der Waals surface area (Å²) in [5.74, 6) is 5.72. The Hall–Kier alpha value is -1.04. The van der Waals surface area contributed by atoms with Crippen LogP contribution in [0, 0.1) is 11.8 Å². The van der Waals surface area contributed by atoms with Crippen LogP contribution in [0.3, 0.4) is 0 Å². The van der Waals surface area contributed by atoms with Crippen molar-refractivity contribution in [2.24, 2.45) is 5.73 Å². The molecule has 1 aromatic heterocycles. The van der Waals surface area contributed by atoms with Gasteiger partial charge >= 0.3 is 0 Å². The second kappa shape index (κ2) is 4.86. The number of aromatic nitrogens is 1. The van der Waals surface area contributed by atoms with E-state index < -0.39 is 0 Å². The van der Waals surface area contributed by atoms with Gasteiger partial charge in [-0.05, 0) is 18.6 Å². The Morgan fingerprint density at radius 2 is 2.46 bits per heavy atom. The van der Waals surface area contributed by atoms with Gasteiger partial charge in [0.15, 0.2) is 0 Å². The molecule has 0 fully saturated rings. The van der Waals surface area contributed by atoms with E-state index in [0.29, 0.717) is 11.4 Å². The van der Waals surface area contributed by atoms with Crippen LogP contribution in [0.1, 0.15) is 24.9 Å². The van der Waals surface area contributed by atoms with Gasteiger partial charge in [0.05, 0.1) is 5.02 Å². The second-order valence-corrected chi connectivity index (χ2v) is 3.04. The Bertz CT molecular complexity index is 338. The van der Waals surface area contributed by atoms with Crippen LogP contribution >= 0.6 is 11.6 Å². The lowest BCUT2D eigenvalue weighted by Gasteiger charge is -2.09. The molecule has 13 heavy (non-hydrogen) atoms. The highest BCUT2D eigenvalue weighted by molar-refractivity contribution is 6.31. The fourth-order valence-corrected chi connectivity index (χ4v) is 1.27. The first-order valence-corrected chi connectivity index (χ1v) is 4.38. The van der Waals surface area contributed by atoms with Crippen molar-refractivity contribution in [2.75, 3.05) is 0 Å². The Labute approximate surface area is 83.1 Å². The van der Waals surface area contributed by atoms with Crippen LogP contribution in [0.5, 0.6) is 0 Å². The Kier molecular flexibility index (Phi) is 3.75. The summed E-state index contributed by atoms with van der Waals surface area (Å²) in [7, 11) is 0. The van der Waals surface area contributed by atoms with E-state index in [1.165, 1.54) is 0 Å². The van der Waals surface area contributed by atoms with Gasteiger partial charge in [-0.2, -0.15) is 0 Å². The van der Waals surface area contributed by atoms with E-state index >= 15 is 0 Å². The maximum absolute atomic E-state index is 5.91. The van der Waals surface area contributed by atoms with E-state index in [1.807, 2.05) is 6.07 Å². The lowest BCUT2D eigenvalue weighted by molar-refractivity contribution is 0.752. The van der Waals surface area contributed by atoms with Gasteiger partial charge in [-0.25, -0.2) is 0 Å². The normalized spacial score (nSPS) is 11.6. The third-order valence-electron chi connectivity index (χ3n) is 1.70. The largest absolute Gasteiger partial charge is 0.323 e. The molecule has 0 spiro atoms. The predicted molar refractivity (Wildman–Crippen MR) is 54.2 cm³/mol. The standard InChI is InChI=1S/C10H11ClN2/c1-2-3-4-10(12)8-5-6-13-7-9(8)11/h5-7,10H,4,12H2,1H3. The fourth-order valence-electron chi connectivity index (χ4n) is 1.01. The SMILES string of the molecule is CC#CCC(N)c1ccncc1Cl. The minimum absolute atomic E-state index is 0.122. The molecule has 68 valence electrons. The van der Waals surface area contributed by atoms with E-state index in [-0.39, 0.29) is 6.04 Å². The molecule has 0 radical (unpaired) electrons. The van der Waals surface area contributed by atoms with Crippen molar-refractivity contribution in [3.63, 3.8) is 0 Å². The zero-order valence-corrected chi connectivity index (χ0v) is 8.17. The topological polar surface area (TPSA) is 38.9 Å². The van der Waals surface area contributed by atoms with Gasteiger partial charge in [-0.1, -0.05) is 11.6 Å². The van der Waals surface area contributed by atoms with Crippen LogP contribution in [0.4, 0.5) is 0 Å². The molecule has 1 rings (SSSR count). The number of hydrogen-bond donors (Lipinski definition) is 1. The van der Waals surface area contributed by atoms with Crippen LogP contribution < -0.4 is 5.73 Å². The zero-order valence-electron chi connectivity index (χ0n) is 7.42. The molecule has 0 aliphatic carbocycles. The molecular weight excluding hydrogens is 184 g/mol. The molecule has 0 amide bonds. The molecule has 1 heterocycles. The molecule has 0 bridgehead atoms. The molecule has 3 heteroatoms. The van der Waals surface area contributed by atoms with E-state index in [9.17, 15) is 0 Å². The van der Waals surface area contributed by atoms with Gasteiger partial charge in [0.25, 0.3) is 0 Å². The smallest absolute Gasteiger partial charge is 0.0637 e. The van der Waals surface area contributed by atoms with Crippen molar-refractivity contribution in [1.29, 1.82) is 0 Å². The Morgan fingerprint density at radius 1 is 1.69 bits per heavy atom. The first-order valence-electron chi connectivity index (χ1n) is 4.00. The van der Waals surface area contributed by atoms with Gasteiger partial charge < -0.3 is 5.73 Å². The van der Waals surface area contributed by atoms with Crippen molar-refractivity contribution in [3.05, 3.63) is 29.0 Å². The quantitative estimate of drug-likeness (QED) is 0.733. The van der Waals surface area contributed by atoms with Gasteiger partial charge in [-0.3, -0.25) is 4.98 Å². The van der Waals surface area contributed by atoms with Crippen LogP contribution in [-0.2, 0) is 0 Å². The average molecular weight is 195 g/mol. The third-order valence-corrected chi connectivity index (χ3v) is 2.02. The highest BCUT2D eigenvalue weighted by Gasteiger charge is 2.07. The molecule has 0 aromatic carbocycles. The maximum Gasteiger partial charge on any atom is 0.0637 e. The second-order valence-electron chi connectivity index (χ2n) is 2.63. The summed E-state index contributed by atoms with van der Waals surface area (Å²) in [4.78, 5) is 3.88. The molecule has 2 nitrogen and oxygen atoms in total. The number of hydrogen-bond acceptors (Lipinski definition) is 2. The summed E-state index contributed by atoms with van der Waals surface area (Å²) in [6, 6.07) is 1.70. The minimum Gasteiger partial charge on any atom is -0.323 e. The molecule has 1 aromatic rings. The van der Waals surface area contributed by atoms with E-state index in [2.05, 4.69) is 16.8 Å². The van der Waals surface area contributed by atoms with Gasteiger partial charge in [0.2, 0.25) is 0 Å². The number of rotatable bonds is 2. The van der Waals surface area contributed by atoms with E-state index in [4.69, 9.17) is 17.3 Å². The summed E-state index contributed by atoms with van der Waals surface area (Å²) in [6.45, 7) is 1.79. The molecular formula is C10H11ClN2. The summed E-state index contributed by atoms with van der Waals surface area (Å²) in [6.07, 6.45) is 3.90. The number of nitrogens with two attached hydrogens (primary N) is 1. The summed E-state index contributed by atoms with van der Waals surface area (Å²) < 4.78 is 0. The van der Waals surface area contributed by atoms with Crippen molar-refractivity contribution < 1.29 is 0 Å². The summed E-state index contributed by atoms with van der Waals surface area (Å²) in [5.41, 5.74) is 6.77. The monoisotopic (exact) mass is 194 g/mol. The summed E-state index contributed by atoms with van der Waals surface area (Å²) in [5, 5.41) is 0.605. The maximum atomic E-state index is 5.91. The summed E-state index contributed by atoms with van der Waals surface area (Å²) >= 11 is 5.91. The highest BCUT2D eigenvalue weighted by Crippen LogP contribution is 2.21. The van der Waals surface area contributed by atoms with E-state index in [1.54, 1.807) is 19.3 Å². The van der Waals surface area contributed by atoms with Crippen molar-refractivity contribution >= 4 is 11.6 Å². The molecule has 2 N–H and O–H groups in total. The minimum atomic E-state index is -0.122. The number of halogens is 1. The van der Waals surface area contributed by atoms with Crippen molar-refractivity contribution in [2.45, 2.75) is 19.4 Å². The van der Waals surface area contributed by atoms with Gasteiger partial charge in [0.1, 0.15) is 0 Å². The van der Waals surface area contributed by atoms with E-state index in [0.717, 1.165) is 5.56 Å². The predicted octanol–water partition coefficient (Wildman–Crippen LogP) is 2.15. The van der Waals surface area contributed by atoms with Crippen LogP contribution in [0.25, 0.3) is 0 Å². The molecule has 0 aliphatic rings. The first-order chi connectivity index (χ1) is 6.25. The molecule has 0 aliphatic heterocycles. The van der Waals surface area contributed by atoms with Gasteiger partial charge in [-0.15, -0.1) is 11.8 Å². The molecule has 0 saturated heterocycles. The van der Waals surface area contributed by atoms with Crippen LogP contribution in [0.2, 0.25) is 5.02 Å².